The zero-order valence-electron chi connectivity index (χ0n) is 25.0. The first-order chi connectivity index (χ1) is 19.0. The zero-order chi connectivity index (χ0) is 28.5. The number of rotatable bonds is 21. The van der Waals surface area contributed by atoms with Crippen molar-refractivity contribution in [1.82, 2.24) is 4.90 Å². The molecule has 0 aliphatic rings. The summed E-state index contributed by atoms with van der Waals surface area (Å²) in [7, 11) is 1.85. The molecule has 1 heterocycles. The highest BCUT2D eigenvalue weighted by Gasteiger charge is 2.24. The summed E-state index contributed by atoms with van der Waals surface area (Å²) in [6.07, 6.45) is 17.5. The van der Waals surface area contributed by atoms with Gasteiger partial charge in [0.1, 0.15) is 17.4 Å². The van der Waals surface area contributed by atoms with Gasteiger partial charge in [-0.1, -0.05) is 77.6 Å². The molecule has 1 aromatic heterocycles. The molecule has 0 fully saturated rings. The second kappa shape index (κ2) is 18.6. The molecule has 2 rings (SSSR count). The number of amides is 1. The van der Waals surface area contributed by atoms with Gasteiger partial charge in [0.25, 0.3) is 5.91 Å². The Hall–Kier alpha value is -2.63. The lowest BCUT2D eigenvalue weighted by atomic mass is 9.98. The fourth-order valence-corrected chi connectivity index (χ4v) is 5.40. The molecule has 0 radical (unpaired) electrons. The lowest BCUT2D eigenvalue weighted by Gasteiger charge is -2.28. The molecule has 6 heteroatoms. The zero-order valence-corrected chi connectivity index (χ0v) is 25.0. The molecule has 0 aliphatic heterocycles. The maximum Gasteiger partial charge on any atom is 0.349 e. The van der Waals surface area contributed by atoms with Crippen LogP contribution in [-0.2, 0) is 4.79 Å². The molecular weight excluding hydrogens is 488 g/mol. The first-order valence-electron chi connectivity index (χ1n) is 15.5. The average molecular weight is 541 g/mol. The third-order valence-corrected chi connectivity index (χ3v) is 7.95. The van der Waals surface area contributed by atoms with Crippen LogP contribution < -0.4 is 10.5 Å². The van der Waals surface area contributed by atoms with Gasteiger partial charge >= 0.3 is 5.63 Å². The Labute approximate surface area is 236 Å². The molecule has 218 valence electrons. The SMILES string of the molecule is CCCCCCC(CCCCCCCCCCC=O)N(C)C(=O)c1cc2ccc(N(CC)CC)cc2oc1=O. The van der Waals surface area contributed by atoms with Crippen LogP contribution in [0.1, 0.15) is 127 Å². The third kappa shape index (κ3) is 10.8. The van der Waals surface area contributed by atoms with E-state index in [1.165, 1.54) is 44.9 Å². The largest absolute Gasteiger partial charge is 0.422 e. The minimum Gasteiger partial charge on any atom is -0.422 e. The van der Waals surface area contributed by atoms with Crippen molar-refractivity contribution < 1.29 is 14.0 Å². The first kappa shape index (κ1) is 32.6. The number of unbranched alkanes of at least 4 members (excludes halogenated alkanes) is 11. The summed E-state index contributed by atoms with van der Waals surface area (Å²) in [5.74, 6) is -0.241. The van der Waals surface area contributed by atoms with E-state index in [0.717, 1.165) is 75.4 Å². The molecule has 1 amide bonds. The molecule has 39 heavy (non-hydrogen) atoms. The highest BCUT2D eigenvalue weighted by Crippen LogP contribution is 2.24. The normalized spacial score (nSPS) is 12.0. The second-order valence-electron chi connectivity index (χ2n) is 10.8. The minimum atomic E-state index is -0.561. The summed E-state index contributed by atoms with van der Waals surface area (Å²) in [5, 5.41) is 0.771. The van der Waals surface area contributed by atoms with Crippen LogP contribution in [-0.4, -0.2) is 43.3 Å². The van der Waals surface area contributed by atoms with E-state index in [1.807, 2.05) is 25.2 Å². The topological polar surface area (TPSA) is 70.8 Å². The number of anilines is 1. The van der Waals surface area contributed by atoms with Gasteiger partial charge in [0.15, 0.2) is 0 Å². The Morgan fingerprint density at radius 1 is 0.846 bits per heavy atom. The molecule has 0 saturated carbocycles. The van der Waals surface area contributed by atoms with Gasteiger partial charge < -0.3 is 19.0 Å². The van der Waals surface area contributed by atoms with Crippen molar-refractivity contribution in [3.05, 3.63) is 40.2 Å². The molecule has 1 unspecified atom stereocenters. The van der Waals surface area contributed by atoms with Crippen LogP contribution in [0.25, 0.3) is 11.0 Å². The highest BCUT2D eigenvalue weighted by molar-refractivity contribution is 5.97. The lowest BCUT2D eigenvalue weighted by molar-refractivity contribution is -0.107. The van der Waals surface area contributed by atoms with Crippen molar-refractivity contribution in [1.29, 1.82) is 0 Å². The molecule has 2 aromatic rings. The molecule has 1 aromatic carbocycles. The number of carbonyl (C=O) groups excluding carboxylic acids is 2. The van der Waals surface area contributed by atoms with Gasteiger partial charge in [-0.05, 0) is 51.3 Å². The molecule has 0 saturated heterocycles. The summed E-state index contributed by atoms with van der Waals surface area (Å²) in [6.45, 7) is 8.14. The smallest absolute Gasteiger partial charge is 0.349 e. The summed E-state index contributed by atoms with van der Waals surface area (Å²) in [6, 6.07) is 7.68. The quantitative estimate of drug-likeness (QED) is 0.0907. The Bertz CT molecular complexity index is 1040. The minimum absolute atomic E-state index is 0.119. The number of benzene rings is 1. The van der Waals surface area contributed by atoms with Gasteiger partial charge in [0.2, 0.25) is 0 Å². The van der Waals surface area contributed by atoms with E-state index in [4.69, 9.17) is 4.42 Å². The fourth-order valence-electron chi connectivity index (χ4n) is 5.40. The van der Waals surface area contributed by atoms with Crippen molar-refractivity contribution in [2.75, 3.05) is 25.0 Å². The molecule has 1 atom stereocenters. The van der Waals surface area contributed by atoms with Crippen molar-refractivity contribution >= 4 is 28.8 Å². The van der Waals surface area contributed by atoms with Gasteiger partial charge in [-0.2, -0.15) is 0 Å². The number of hydrogen-bond donors (Lipinski definition) is 0. The number of hydrogen-bond acceptors (Lipinski definition) is 5. The average Bonchev–Trinajstić information content (AvgIpc) is 2.94. The van der Waals surface area contributed by atoms with Gasteiger partial charge in [0, 0.05) is 49.7 Å². The predicted molar refractivity (Wildman–Crippen MR) is 163 cm³/mol. The van der Waals surface area contributed by atoms with E-state index in [-0.39, 0.29) is 17.5 Å². The van der Waals surface area contributed by atoms with Crippen LogP contribution in [0, 0.1) is 0 Å². The van der Waals surface area contributed by atoms with Crippen molar-refractivity contribution in [3.63, 3.8) is 0 Å². The molecule has 0 bridgehead atoms. The summed E-state index contributed by atoms with van der Waals surface area (Å²) in [4.78, 5) is 40.8. The summed E-state index contributed by atoms with van der Waals surface area (Å²) >= 11 is 0. The van der Waals surface area contributed by atoms with Crippen LogP contribution in [0.15, 0.2) is 33.5 Å². The highest BCUT2D eigenvalue weighted by atomic mass is 16.4. The lowest BCUT2D eigenvalue weighted by Crippen LogP contribution is -2.39. The van der Waals surface area contributed by atoms with Crippen LogP contribution in [0.3, 0.4) is 0 Å². The summed E-state index contributed by atoms with van der Waals surface area (Å²) < 4.78 is 5.66. The number of aldehydes is 1. The maximum atomic E-state index is 13.5. The second-order valence-corrected chi connectivity index (χ2v) is 10.8. The Balaban J connectivity index is 2.02. The Morgan fingerprint density at radius 2 is 1.44 bits per heavy atom. The predicted octanol–water partition coefficient (Wildman–Crippen LogP) is 8.15. The fraction of sp³-hybridized carbons (Fsp3) is 0.667. The molecule has 0 aliphatic carbocycles. The van der Waals surface area contributed by atoms with E-state index in [1.54, 1.807) is 11.0 Å². The van der Waals surface area contributed by atoms with E-state index < -0.39 is 5.63 Å². The number of fused-ring (bicyclic) bond motifs is 1. The van der Waals surface area contributed by atoms with Crippen molar-refractivity contribution in [2.24, 2.45) is 0 Å². The van der Waals surface area contributed by atoms with Gasteiger partial charge in [-0.15, -0.1) is 0 Å². The van der Waals surface area contributed by atoms with Crippen molar-refractivity contribution in [2.45, 2.75) is 123 Å². The van der Waals surface area contributed by atoms with Crippen LogP contribution in [0.4, 0.5) is 5.69 Å². The number of carbonyl (C=O) groups is 2. The van der Waals surface area contributed by atoms with Gasteiger partial charge in [-0.25, -0.2) is 4.79 Å². The van der Waals surface area contributed by atoms with E-state index in [9.17, 15) is 14.4 Å². The van der Waals surface area contributed by atoms with Crippen LogP contribution >= 0.6 is 0 Å². The Morgan fingerprint density at radius 3 is 2.03 bits per heavy atom. The third-order valence-electron chi connectivity index (χ3n) is 7.95. The van der Waals surface area contributed by atoms with Gasteiger partial charge in [-0.3, -0.25) is 4.79 Å². The molecule has 0 N–H and O–H groups in total. The van der Waals surface area contributed by atoms with Crippen LogP contribution in [0.2, 0.25) is 0 Å². The van der Waals surface area contributed by atoms with E-state index in [0.29, 0.717) is 12.0 Å². The maximum absolute atomic E-state index is 13.5. The Kier molecular flexibility index (Phi) is 15.6. The standard InChI is InChI=1S/C33H52N2O4/c1-5-8-9-17-20-28(21-18-15-13-11-10-12-14-16-19-24-36)34(4)32(37)30-25-27-22-23-29(35(6-2)7-3)26-31(27)39-33(30)38/h22-26,28H,5-21H2,1-4H3. The summed E-state index contributed by atoms with van der Waals surface area (Å²) in [5.41, 5.74) is 1.09. The van der Waals surface area contributed by atoms with Gasteiger partial charge in [0.05, 0.1) is 0 Å². The van der Waals surface area contributed by atoms with Crippen molar-refractivity contribution in [3.8, 4) is 0 Å². The van der Waals surface area contributed by atoms with Crippen LogP contribution in [0.5, 0.6) is 0 Å². The molecular formula is C33H52N2O4. The van der Waals surface area contributed by atoms with E-state index >= 15 is 0 Å². The monoisotopic (exact) mass is 540 g/mol. The first-order valence-corrected chi connectivity index (χ1v) is 15.5. The van der Waals surface area contributed by atoms with E-state index in [2.05, 4.69) is 25.7 Å². The molecule has 0 spiro atoms. The number of nitrogens with zero attached hydrogens (tertiary/aromatic N) is 2. The molecule has 6 nitrogen and oxygen atoms in total.